The summed E-state index contributed by atoms with van der Waals surface area (Å²) < 4.78 is 14.9. The van der Waals surface area contributed by atoms with Gasteiger partial charge in [0.2, 0.25) is 0 Å². The summed E-state index contributed by atoms with van der Waals surface area (Å²) >= 11 is 0. The zero-order valence-electron chi connectivity index (χ0n) is 15.3. The van der Waals surface area contributed by atoms with Gasteiger partial charge in [-0.2, -0.15) is 0 Å². The summed E-state index contributed by atoms with van der Waals surface area (Å²) in [6.07, 6.45) is 7.96. The smallest absolute Gasteiger partial charge is 0.254 e. The number of halogens is 1. The van der Waals surface area contributed by atoms with Crippen LogP contribution in [-0.2, 0) is 6.42 Å². The normalized spacial score (nSPS) is 19.1. The molecule has 1 aromatic carbocycles. The van der Waals surface area contributed by atoms with Crippen LogP contribution in [0.4, 0.5) is 4.39 Å². The lowest BCUT2D eigenvalue weighted by atomic mass is 9.81. The number of nitrogens with zero attached hydrogens (tertiary/aromatic N) is 4. The Morgan fingerprint density at radius 1 is 1.21 bits per heavy atom. The van der Waals surface area contributed by atoms with Crippen molar-refractivity contribution in [1.29, 1.82) is 0 Å². The summed E-state index contributed by atoms with van der Waals surface area (Å²) in [7, 11) is 0. The van der Waals surface area contributed by atoms with Gasteiger partial charge in [0, 0.05) is 42.7 Å². The summed E-state index contributed by atoms with van der Waals surface area (Å²) in [5.41, 5.74) is 1.10. The van der Waals surface area contributed by atoms with Gasteiger partial charge in [-0.25, -0.2) is 14.4 Å². The lowest BCUT2D eigenvalue weighted by Crippen LogP contribution is -2.35. The number of imidazole rings is 1. The molecule has 0 saturated carbocycles. The Hall–Kier alpha value is -3.06. The van der Waals surface area contributed by atoms with Crippen molar-refractivity contribution in [2.45, 2.75) is 12.8 Å². The van der Waals surface area contributed by atoms with Crippen molar-refractivity contribution in [3.8, 4) is 5.82 Å². The third kappa shape index (κ3) is 3.66. The number of carbonyl (C=O) groups excluding carboxylic acids is 1. The van der Waals surface area contributed by atoms with Gasteiger partial charge in [0.15, 0.2) is 0 Å². The van der Waals surface area contributed by atoms with Crippen molar-refractivity contribution < 1.29 is 14.3 Å². The lowest BCUT2D eigenvalue weighted by molar-refractivity contribution is 0.0739. The molecular formula is C21H21FN4O2. The van der Waals surface area contributed by atoms with E-state index < -0.39 is 5.41 Å². The molecule has 0 bridgehead atoms. The van der Waals surface area contributed by atoms with Crippen LogP contribution in [0.15, 0.2) is 61.3 Å². The number of likely N-dealkylation sites (tertiary alicyclic amines) is 1. The molecule has 0 radical (unpaired) electrons. The van der Waals surface area contributed by atoms with Crippen molar-refractivity contribution in [3.63, 3.8) is 0 Å². The molecular weight excluding hydrogens is 359 g/mol. The molecule has 0 spiro atoms. The number of aromatic nitrogens is 3. The van der Waals surface area contributed by atoms with Crippen LogP contribution >= 0.6 is 0 Å². The molecule has 1 N–H and O–H groups in total. The van der Waals surface area contributed by atoms with Gasteiger partial charge in [0.05, 0.1) is 6.61 Å². The Labute approximate surface area is 162 Å². The first-order valence-corrected chi connectivity index (χ1v) is 9.18. The molecule has 0 aliphatic carbocycles. The highest BCUT2D eigenvalue weighted by atomic mass is 19.1. The summed E-state index contributed by atoms with van der Waals surface area (Å²) in [6, 6.07) is 9.75. The first-order chi connectivity index (χ1) is 13.6. The summed E-state index contributed by atoms with van der Waals surface area (Å²) in [4.78, 5) is 23.1. The maximum atomic E-state index is 13.2. The number of aliphatic hydroxyl groups is 1. The minimum atomic E-state index is -0.409. The van der Waals surface area contributed by atoms with E-state index in [0.29, 0.717) is 37.3 Å². The topological polar surface area (TPSA) is 71.2 Å². The largest absolute Gasteiger partial charge is 0.396 e. The molecule has 3 heterocycles. The van der Waals surface area contributed by atoms with E-state index in [-0.39, 0.29) is 18.3 Å². The SMILES string of the molecule is O=C(c1ccnc(-n2ccnc2)c1)N1CCC(CO)(Cc2ccc(F)cc2)C1. The van der Waals surface area contributed by atoms with Gasteiger partial charge < -0.3 is 10.0 Å². The number of rotatable bonds is 5. The highest BCUT2D eigenvalue weighted by Crippen LogP contribution is 2.34. The molecule has 1 aliphatic rings. The Balaban J connectivity index is 1.50. The second-order valence-electron chi connectivity index (χ2n) is 7.31. The van der Waals surface area contributed by atoms with Crippen LogP contribution in [0.25, 0.3) is 5.82 Å². The highest BCUT2D eigenvalue weighted by Gasteiger charge is 2.39. The monoisotopic (exact) mass is 380 g/mol. The van der Waals surface area contributed by atoms with Gasteiger partial charge in [-0.1, -0.05) is 12.1 Å². The van der Waals surface area contributed by atoms with E-state index in [1.165, 1.54) is 12.1 Å². The van der Waals surface area contributed by atoms with Crippen LogP contribution in [-0.4, -0.2) is 50.1 Å². The van der Waals surface area contributed by atoms with Crippen LogP contribution in [0.5, 0.6) is 0 Å². The van der Waals surface area contributed by atoms with E-state index in [4.69, 9.17) is 0 Å². The van der Waals surface area contributed by atoms with E-state index in [0.717, 1.165) is 5.56 Å². The molecule has 144 valence electrons. The molecule has 1 aliphatic heterocycles. The fraction of sp³-hybridized carbons (Fsp3) is 0.286. The predicted molar refractivity (Wildman–Crippen MR) is 102 cm³/mol. The van der Waals surface area contributed by atoms with Gasteiger partial charge in [0.25, 0.3) is 5.91 Å². The van der Waals surface area contributed by atoms with Crippen LogP contribution < -0.4 is 0 Å². The first-order valence-electron chi connectivity index (χ1n) is 9.18. The summed E-state index contributed by atoms with van der Waals surface area (Å²) in [6.45, 7) is 1.01. The van der Waals surface area contributed by atoms with Crippen molar-refractivity contribution in [1.82, 2.24) is 19.4 Å². The number of aliphatic hydroxyl groups excluding tert-OH is 1. The van der Waals surface area contributed by atoms with Gasteiger partial charge in [0.1, 0.15) is 18.0 Å². The fourth-order valence-corrected chi connectivity index (χ4v) is 3.74. The van der Waals surface area contributed by atoms with Crippen LogP contribution in [0, 0.1) is 11.2 Å². The Morgan fingerprint density at radius 3 is 2.75 bits per heavy atom. The minimum absolute atomic E-state index is 0.0230. The number of benzene rings is 1. The standard InChI is InChI=1S/C21H21FN4O2/c22-18-3-1-16(2-4-18)12-21(14-27)6-9-25(13-21)20(28)17-5-7-24-19(11-17)26-10-8-23-15-26/h1-5,7-8,10-11,15,27H,6,9,12-14H2. The first kappa shape index (κ1) is 18.3. The summed E-state index contributed by atoms with van der Waals surface area (Å²) in [5.74, 6) is 0.261. The average Bonchev–Trinajstić information content (AvgIpc) is 3.40. The Kier molecular flexibility index (Phi) is 4.92. The molecule has 3 aromatic rings. The Bertz CT molecular complexity index is 959. The van der Waals surface area contributed by atoms with E-state index >= 15 is 0 Å². The summed E-state index contributed by atoms with van der Waals surface area (Å²) in [5, 5.41) is 10.0. The number of carbonyl (C=O) groups is 1. The molecule has 1 amide bonds. The lowest BCUT2D eigenvalue weighted by Gasteiger charge is -2.27. The van der Waals surface area contributed by atoms with Crippen LogP contribution in [0.2, 0.25) is 0 Å². The highest BCUT2D eigenvalue weighted by molar-refractivity contribution is 5.94. The number of hydrogen-bond acceptors (Lipinski definition) is 4. The Morgan fingerprint density at radius 2 is 2.04 bits per heavy atom. The molecule has 2 aromatic heterocycles. The quantitative estimate of drug-likeness (QED) is 0.738. The van der Waals surface area contributed by atoms with Gasteiger partial charge >= 0.3 is 0 Å². The zero-order chi connectivity index (χ0) is 19.6. The van der Waals surface area contributed by atoms with Gasteiger partial charge in [-0.05, 0) is 42.7 Å². The van der Waals surface area contributed by atoms with Crippen molar-refractivity contribution in [2.75, 3.05) is 19.7 Å². The minimum Gasteiger partial charge on any atom is -0.396 e. The number of amides is 1. The number of pyridine rings is 1. The van der Waals surface area contributed by atoms with E-state index in [1.54, 1.807) is 58.7 Å². The maximum Gasteiger partial charge on any atom is 0.254 e. The fourth-order valence-electron chi connectivity index (χ4n) is 3.74. The molecule has 7 heteroatoms. The molecule has 1 atom stereocenters. The van der Waals surface area contributed by atoms with Crippen molar-refractivity contribution in [2.24, 2.45) is 5.41 Å². The zero-order valence-corrected chi connectivity index (χ0v) is 15.3. The third-order valence-electron chi connectivity index (χ3n) is 5.31. The average molecular weight is 380 g/mol. The van der Waals surface area contributed by atoms with Gasteiger partial charge in [-0.3, -0.25) is 9.36 Å². The van der Waals surface area contributed by atoms with Crippen molar-refractivity contribution >= 4 is 5.91 Å². The number of hydrogen-bond donors (Lipinski definition) is 1. The molecule has 6 nitrogen and oxygen atoms in total. The molecule has 4 rings (SSSR count). The van der Waals surface area contributed by atoms with E-state index in [9.17, 15) is 14.3 Å². The third-order valence-corrected chi connectivity index (χ3v) is 5.31. The molecule has 1 saturated heterocycles. The van der Waals surface area contributed by atoms with Crippen LogP contribution in [0.3, 0.4) is 0 Å². The molecule has 1 fully saturated rings. The predicted octanol–water partition coefficient (Wildman–Crippen LogP) is 2.47. The van der Waals surface area contributed by atoms with Crippen LogP contribution in [0.1, 0.15) is 22.3 Å². The second kappa shape index (κ2) is 7.52. The molecule has 1 unspecified atom stereocenters. The van der Waals surface area contributed by atoms with E-state index in [1.807, 2.05) is 0 Å². The van der Waals surface area contributed by atoms with E-state index in [2.05, 4.69) is 9.97 Å². The second-order valence-corrected chi connectivity index (χ2v) is 7.31. The van der Waals surface area contributed by atoms with Gasteiger partial charge in [-0.15, -0.1) is 0 Å². The molecule has 28 heavy (non-hydrogen) atoms. The van der Waals surface area contributed by atoms with Crippen molar-refractivity contribution in [3.05, 3.63) is 78.3 Å². The maximum absolute atomic E-state index is 13.2.